The first-order valence-corrected chi connectivity index (χ1v) is 22.8. The second-order valence-electron chi connectivity index (χ2n) is 14.5. The van der Waals surface area contributed by atoms with E-state index < -0.39 is 6.10 Å². The third-order valence-electron chi connectivity index (χ3n) is 9.07. The Balaban J connectivity index is 4.39. The molecule has 0 saturated heterocycles. The van der Waals surface area contributed by atoms with E-state index >= 15 is 0 Å². The predicted molar refractivity (Wildman–Crippen MR) is 242 cm³/mol. The molecule has 0 amide bonds. The average Bonchev–Trinajstić information content (AvgIpc) is 3.20. The Morgan fingerprint density at radius 3 is 1.30 bits per heavy atom. The van der Waals surface area contributed by atoms with E-state index in [4.69, 9.17) is 14.2 Å². The lowest BCUT2D eigenvalue weighted by Gasteiger charge is -2.18. The van der Waals surface area contributed by atoms with Crippen molar-refractivity contribution in [1.82, 2.24) is 0 Å². The van der Waals surface area contributed by atoms with Crippen LogP contribution in [0.1, 0.15) is 188 Å². The van der Waals surface area contributed by atoms with Gasteiger partial charge in [0.15, 0.2) is 6.10 Å². The van der Waals surface area contributed by atoms with Crippen molar-refractivity contribution in [2.75, 3.05) is 19.8 Å². The third kappa shape index (κ3) is 43.5. The van der Waals surface area contributed by atoms with Crippen LogP contribution in [-0.4, -0.2) is 37.9 Å². The van der Waals surface area contributed by atoms with Crippen LogP contribution < -0.4 is 0 Å². The van der Waals surface area contributed by atoms with E-state index in [1.165, 1.54) is 32.1 Å². The largest absolute Gasteiger partial charge is 0.462 e. The van der Waals surface area contributed by atoms with Gasteiger partial charge in [-0.3, -0.25) is 9.59 Å². The molecule has 0 saturated carbocycles. The number of carbonyl (C=O) groups excluding carboxylic acids is 2. The summed E-state index contributed by atoms with van der Waals surface area (Å²) in [7, 11) is 0. The van der Waals surface area contributed by atoms with Crippen molar-refractivity contribution >= 4 is 11.9 Å². The normalized spacial score (nSPS) is 13.1. The van der Waals surface area contributed by atoms with E-state index in [9.17, 15) is 9.59 Å². The van der Waals surface area contributed by atoms with E-state index in [0.717, 1.165) is 122 Å². The van der Waals surface area contributed by atoms with Gasteiger partial charge >= 0.3 is 11.9 Å². The number of rotatable bonds is 40. The second kappa shape index (κ2) is 46.2. The first-order valence-electron chi connectivity index (χ1n) is 22.8. The highest BCUT2D eigenvalue weighted by atomic mass is 16.6. The highest BCUT2D eigenvalue weighted by molar-refractivity contribution is 5.70. The standard InChI is InChI=1S/C51H84O5/c1-4-7-10-13-16-19-22-25-28-31-34-37-40-43-46-54-47-49(56-51(53)45-42-39-36-33-30-27-24-21-18-15-12-9-6-3)48-55-50(52)44-41-38-35-32-29-26-23-20-17-14-11-8-5-2/h7-8,10-12,15-17,19-21,24-26,28-29,49H,4-6,9,13-14,18,22-23,27,30-48H2,1-3H3/b10-7-,11-8-,15-12-,19-16-,20-17-,24-21-,28-25-,29-26-. The maximum atomic E-state index is 12.7. The Morgan fingerprint density at radius 1 is 0.411 bits per heavy atom. The van der Waals surface area contributed by atoms with Crippen molar-refractivity contribution in [3.05, 3.63) is 97.2 Å². The Kier molecular flexibility index (Phi) is 43.6. The summed E-state index contributed by atoms with van der Waals surface area (Å²) in [6, 6.07) is 0. The van der Waals surface area contributed by atoms with Crippen LogP contribution in [-0.2, 0) is 23.8 Å². The molecule has 1 atom stereocenters. The molecule has 1 unspecified atom stereocenters. The molecule has 0 aliphatic heterocycles. The van der Waals surface area contributed by atoms with Crippen LogP contribution in [0.25, 0.3) is 0 Å². The maximum Gasteiger partial charge on any atom is 0.306 e. The number of unbranched alkanes of at least 4 members (excludes halogenated alkanes) is 13. The molecule has 0 aromatic rings. The third-order valence-corrected chi connectivity index (χ3v) is 9.07. The lowest BCUT2D eigenvalue weighted by Crippen LogP contribution is -2.30. The van der Waals surface area contributed by atoms with Gasteiger partial charge in [-0.05, 0) is 109 Å². The van der Waals surface area contributed by atoms with Gasteiger partial charge in [0.1, 0.15) is 6.61 Å². The molecular weight excluding hydrogens is 693 g/mol. The van der Waals surface area contributed by atoms with Gasteiger partial charge in [0.25, 0.3) is 0 Å². The minimum absolute atomic E-state index is 0.0495. The summed E-state index contributed by atoms with van der Waals surface area (Å²) in [6.07, 6.45) is 61.2. The van der Waals surface area contributed by atoms with Crippen LogP contribution in [0.2, 0.25) is 0 Å². The van der Waals surface area contributed by atoms with Gasteiger partial charge in [-0.25, -0.2) is 0 Å². The van der Waals surface area contributed by atoms with Crippen molar-refractivity contribution < 1.29 is 23.8 Å². The molecule has 5 heteroatoms. The molecule has 0 N–H and O–H groups in total. The van der Waals surface area contributed by atoms with Crippen molar-refractivity contribution in [2.45, 2.75) is 194 Å². The van der Waals surface area contributed by atoms with Crippen LogP contribution in [0.3, 0.4) is 0 Å². The molecule has 0 aliphatic carbocycles. The van der Waals surface area contributed by atoms with Crippen LogP contribution >= 0.6 is 0 Å². The molecule has 56 heavy (non-hydrogen) atoms. The predicted octanol–water partition coefficient (Wildman–Crippen LogP) is 15.1. The van der Waals surface area contributed by atoms with Crippen molar-refractivity contribution in [3.63, 3.8) is 0 Å². The summed E-state index contributed by atoms with van der Waals surface area (Å²) in [5.41, 5.74) is 0. The highest BCUT2D eigenvalue weighted by Crippen LogP contribution is 2.11. The zero-order chi connectivity index (χ0) is 40.7. The average molecular weight is 777 g/mol. The minimum atomic E-state index is -0.571. The van der Waals surface area contributed by atoms with Gasteiger partial charge < -0.3 is 14.2 Å². The Labute approximate surface area is 345 Å². The smallest absolute Gasteiger partial charge is 0.306 e. The summed E-state index contributed by atoms with van der Waals surface area (Å²) >= 11 is 0. The van der Waals surface area contributed by atoms with Crippen LogP contribution in [0, 0.1) is 0 Å². The van der Waals surface area contributed by atoms with E-state index in [1.54, 1.807) is 0 Å². The van der Waals surface area contributed by atoms with Crippen molar-refractivity contribution in [2.24, 2.45) is 0 Å². The van der Waals surface area contributed by atoms with Crippen LogP contribution in [0.15, 0.2) is 97.2 Å². The van der Waals surface area contributed by atoms with E-state index in [1.807, 2.05) is 0 Å². The fraction of sp³-hybridized carbons (Fsp3) is 0.647. The SMILES string of the molecule is CC/C=C\C/C=C\C/C=C\CCCCCCOCC(COC(=O)CCCCC/C=C\C/C=C\C/C=C\CC)OC(=O)CCCCCCC/C=C\C/C=C\CCC. The lowest BCUT2D eigenvalue weighted by molar-refractivity contribution is -0.163. The highest BCUT2D eigenvalue weighted by Gasteiger charge is 2.17. The van der Waals surface area contributed by atoms with Gasteiger partial charge in [0.05, 0.1) is 6.61 Å². The van der Waals surface area contributed by atoms with Crippen molar-refractivity contribution in [3.8, 4) is 0 Å². The molecular formula is C51H84O5. The molecule has 0 aromatic carbocycles. The molecule has 0 bridgehead atoms. The quantitative estimate of drug-likeness (QED) is 0.0352. The summed E-state index contributed by atoms with van der Waals surface area (Å²) in [4.78, 5) is 25.2. The molecule has 0 spiro atoms. The molecule has 0 rings (SSSR count). The number of esters is 2. The summed E-state index contributed by atoms with van der Waals surface area (Å²) in [5, 5.41) is 0. The first-order chi connectivity index (χ1) is 27.6. The van der Waals surface area contributed by atoms with Gasteiger partial charge in [0.2, 0.25) is 0 Å². The summed E-state index contributed by atoms with van der Waals surface area (Å²) < 4.78 is 17.3. The summed E-state index contributed by atoms with van der Waals surface area (Å²) in [5.74, 6) is -0.469. The van der Waals surface area contributed by atoms with E-state index in [2.05, 4.69) is 118 Å². The topological polar surface area (TPSA) is 61.8 Å². The van der Waals surface area contributed by atoms with Gasteiger partial charge in [-0.15, -0.1) is 0 Å². The monoisotopic (exact) mass is 777 g/mol. The number of allylic oxidation sites excluding steroid dienone is 16. The molecule has 5 nitrogen and oxygen atoms in total. The molecule has 318 valence electrons. The number of hydrogen-bond donors (Lipinski definition) is 0. The minimum Gasteiger partial charge on any atom is -0.462 e. The van der Waals surface area contributed by atoms with Crippen molar-refractivity contribution in [1.29, 1.82) is 0 Å². The second-order valence-corrected chi connectivity index (χ2v) is 14.5. The number of hydrogen-bond acceptors (Lipinski definition) is 5. The zero-order valence-electron chi connectivity index (χ0n) is 36.4. The fourth-order valence-electron chi connectivity index (χ4n) is 5.75. The van der Waals surface area contributed by atoms with Gasteiger partial charge in [-0.1, -0.05) is 163 Å². The summed E-state index contributed by atoms with van der Waals surface area (Å²) in [6.45, 7) is 7.42. The molecule has 0 aromatic heterocycles. The maximum absolute atomic E-state index is 12.7. The lowest BCUT2D eigenvalue weighted by atomic mass is 10.1. The Hall–Kier alpha value is -3.18. The first kappa shape index (κ1) is 52.8. The number of carbonyl (C=O) groups is 2. The van der Waals surface area contributed by atoms with Gasteiger partial charge in [-0.2, -0.15) is 0 Å². The molecule has 0 radical (unpaired) electrons. The Morgan fingerprint density at radius 2 is 0.804 bits per heavy atom. The van der Waals surface area contributed by atoms with Gasteiger partial charge in [0, 0.05) is 19.4 Å². The zero-order valence-corrected chi connectivity index (χ0v) is 36.4. The molecule has 0 heterocycles. The van der Waals surface area contributed by atoms with Crippen LogP contribution in [0.4, 0.5) is 0 Å². The van der Waals surface area contributed by atoms with E-state index in [0.29, 0.717) is 19.4 Å². The van der Waals surface area contributed by atoms with E-state index in [-0.39, 0.29) is 25.2 Å². The molecule has 0 fully saturated rings. The fourth-order valence-corrected chi connectivity index (χ4v) is 5.75. The Bertz CT molecular complexity index is 1110. The number of ether oxygens (including phenoxy) is 3. The van der Waals surface area contributed by atoms with Crippen LogP contribution in [0.5, 0.6) is 0 Å². The molecule has 0 aliphatic rings.